The van der Waals surface area contributed by atoms with Crippen LogP contribution in [0.4, 0.5) is 5.69 Å². The van der Waals surface area contributed by atoms with E-state index in [0.717, 1.165) is 16.3 Å². The number of nitrogens with zero attached hydrogens (tertiary/aromatic N) is 2. The maximum atomic E-state index is 13.5. The van der Waals surface area contributed by atoms with Crippen LogP contribution in [0.25, 0.3) is 16.8 Å². The Morgan fingerprint density at radius 3 is 1.96 bits per heavy atom. The molecular weight excluding hydrogens is 613 g/mol. The molecule has 0 saturated carbocycles. The predicted octanol–water partition coefficient (Wildman–Crippen LogP) is 6.46. The molecule has 6 rings (SSSR count). The summed E-state index contributed by atoms with van der Waals surface area (Å²) in [5.41, 5.74) is 3.87. The van der Waals surface area contributed by atoms with E-state index in [0.29, 0.717) is 31.9 Å². The van der Waals surface area contributed by atoms with Gasteiger partial charge in [0.1, 0.15) is 0 Å². The van der Waals surface area contributed by atoms with Gasteiger partial charge in [0.05, 0.1) is 10.9 Å². The summed E-state index contributed by atoms with van der Waals surface area (Å²) < 4.78 is 28.6. The zero-order valence-electron chi connectivity index (χ0n) is 25.1. The van der Waals surface area contributed by atoms with Crippen molar-refractivity contribution in [2.24, 2.45) is 0 Å². The third kappa shape index (κ3) is 7.24. The Kier molecular flexibility index (Phi) is 9.65. The molecule has 7 nitrogen and oxygen atoms in total. The zero-order chi connectivity index (χ0) is 31.9. The van der Waals surface area contributed by atoms with E-state index in [1.54, 1.807) is 34.6 Å². The fraction of sp³-hybridized carbons (Fsp3) is 0.135. The summed E-state index contributed by atoms with van der Waals surface area (Å²) in [7, 11) is -3.69. The van der Waals surface area contributed by atoms with Crippen molar-refractivity contribution in [2.75, 3.05) is 31.5 Å². The quantitative estimate of drug-likeness (QED) is 0.149. The first-order valence-corrected chi connectivity index (χ1v) is 17.0. The lowest BCUT2D eigenvalue weighted by Gasteiger charge is -2.39. The number of hydrogen-bond acceptors (Lipinski definition) is 5. The fourth-order valence-corrected chi connectivity index (χ4v) is 7.46. The molecule has 1 heterocycles. The number of fused-ring (bicyclic) bond motifs is 1. The number of sulfonamides is 1. The first kappa shape index (κ1) is 31.3. The topological polar surface area (TPSA) is 81.8 Å². The van der Waals surface area contributed by atoms with Gasteiger partial charge in [-0.05, 0) is 70.0 Å². The summed E-state index contributed by atoms with van der Waals surface area (Å²) in [4.78, 5) is 15.1. The lowest BCUT2D eigenvalue weighted by Crippen LogP contribution is -2.49. The second-order valence-corrected chi connectivity index (χ2v) is 13.4. The van der Waals surface area contributed by atoms with Crippen molar-refractivity contribution < 1.29 is 13.2 Å². The van der Waals surface area contributed by atoms with Crippen LogP contribution in [0.15, 0.2) is 138 Å². The smallest absolute Gasteiger partial charge is 0.250 e. The van der Waals surface area contributed by atoms with E-state index in [1.807, 2.05) is 78.9 Å². The normalized spacial score (nSPS) is 14.5. The van der Waals surface area contributed by atoms with Gasteiger partial charge >= 0.3 is 0 Å². The molecule has 0 aromatic heterocycles. The average molecular weight is 647 g/mol. The number of piperazine rings is 1. The second kappa shape index (κ2) is 14.2. The van der Waals surface area contributed by atoms with Crippen molar-refractivity contribution in [1.29, 1.82) is 0 Å². The molecule has 0 bridgehead atoms. The van der Waals surface area contributed by atoms with Gasteiger partial charge in [0.2, 0.25) is 15.9 Å². The number of benzene rings is 5. The number of anilines is 1. The molecule has 5 aromatic carbocycles. The molecule has 0 aliphatic carbocycles. The number of carbonyl (C=O) groups excluding carboxylic acids is 1. The van der Waals surface area contributed by atoms with Gasteiger partial charge in [-0.15, -0.1) is 0 Å². The van der Waals surface area contributed by atoms with Crippen LogP contribution in [-0.4, -0.2) is 54.8 Å². The third-order valence-corrected chi connectivity index (χ3v) is 10.2. The predicted molar refractivity (Wildman–Crippen MR) is 189 cm³/mol. The lowest BCUT2D eigenvalue weighted by atomic mass is 9.96. The second-order valence-electron chi connectivity index (χ2n) is 11.0. The summed E-state index contributed by atoms with van der Waals surface area (Å²) in [5.74, 6) is -0.370. The minimum atomic E-state index is -3.69. The van der Waals surface area contributed by atoms with Gasteiger partial charge in [-0.3, -0.25) is 15.0 Å². The van der Waals surface area contributed by atoms with E-state index in [9.17, 15) is 13.2 Å². The van der Waals surface area contributed by atoms with E-state index < -0.39 is 10.0 Å². The number of amides is 1. The standard InChI is InChI=1S/C37H34N4O3S2/c42-35(23-18-29-16-9-15-28-10-7-8-17-34(28)29)39-37(45)38-32-19-21-33(22-20-32)46(43,44)41-26-24-40(25-27-41)36(30-11-3-1-4-12-30)31-13-5-2-6-14-31/h1-23,36H,24-27H2,(H2,38,39,42,45). The van der Waals surface area contributed by atoms with E-state index in [2.05, 4.69) is 39.8 Å². The van der Waals surface area contributed by atoms with Crippen LogP contribution in [0.3, 0.4) is 0 Å². The van der Waals surface area contributed by atoms with Crippen LogP contribution in [0.1, 0.15) is 22.7 Å². The summed E-state index contributed by atoms with van der Waals surface area (Å²) >= 11 is 5.32. The van der Waals surface area contributed by atoms with Gasteiger partial charge < -0.3 is 5.32 Å². The van der Waals surface area contributed by atoms with Gasteiger partial charge in [-0.25, -0.2) is 8.42 Å². The molecule has 1 amide bonds. The lowest BCUT2D eigenvalue weighted by molar-refractivity contribution is -0.115. The number of hydrogen-bond donors (Lipinski definition) is 2. The zero-order valence-corrected chi connectivity index (χ0v) is 26.8. The molecule has 9 heteroatoms. The van der Waals surface area contributed by atoms with E-state index in [-0.39, 0.29) is 22.0 Å². The first-order valence-electron chi connectivity index (χ1n) is 15.1. The molecule has 0 atom stereocenters. The highest BCUT2D eigenvalue weighted by Crippen LogP contribution is 2.30. The van der Waals surface area contributed by atoms with Gasteiger partial charge in [-0.2, -0.15) is 4.31 Å². The Morgan fingerprint density at radius 1 is 0.717 bits per heavy atom. The SMILES string of the molecule is O=C(C=Cc1cccc2ccccc12)NC(=S)Nc1ccc(S(=O)(=O)N2CCN(C(c3ccccc3)c3ccccc3)CC2)cc1. The summed E-state index contributed by atoms with van der Waals surface area (Å²) in [6.07, 6.45) is 3.19. The number of rotatable bonds is 8. The van der Waals surface area contributed by atoms with Crippen molar-refractivity contribution in [1.82, 2.24) is 14.5 Å². The minimum Gasteiger partial charge on any atom is -0.332 e. The van der Waals surface area contributed by atoms with Crippen LogP contribution in [-0.2, 0) is 14.8 Å². The number of thiocarbonyl (C=S) groups is 1. The highest BCUT2D eigenvalue weighted by molar-refractivity contribution is 7.89. The maximum absolute atomic E-state index is 13.5. The first-order chi connectivity index (χ1) is 22.4. The Hall–Kier alpha value is -4.67. The highest BCUT2D eigenvalue weighted by Gasteiger charge is 2.32. The van der Waals surface area contributed by atoms with Crippen LogP contribution in [0.5, 0.6) is 0 Å². The Bertz CT molecular complexity index is 1910. The minimum absolute atomic E-state index is 0.0515. The van der Waals surface area contributed by atoms with E-state index in [1.165, 1.54) is 17.2 Å². The third-order valence-electron chi connectivity index (χ3n) is 8.09. The molecule has 1 aliphatic heterocycles. The van der Waals surface area contributed by atoms with Gasteiger partial charge in [0.15, 0.2) is 5.11 Å². The molecule has 1 aliphatic rings. The summed E-state index contributed by atoms with van der Waals surface area (Å²) in [6, 6.07) is 41.0. The van der Waals surface area contributed by atoms with Crippen LogP contribution >= 0.6 is 12.2 Å². The van der Waals surface area contributed by atoms with Gasteiger partial charge in [0.25, 0.3) is 0 Å². The molecule has 2 N–H and O–H groups in total. The largest absolute Gasteiger partial charge is 0.332 e. The number of carbonyl (C=O) groups is 1. The van der Waals surface area contributed by atoms with Crippen molar-refractivity contribution in [2.45, 2.75) is 10.9 Å². The maximum Gasteiger partial charge on any atom is 0.250 e. The molecule has 1 saturated heterocycles. The summed E-state index contributed by atoms with van der Waals surface area (Å²) in [6.45, 7) is 1.99. The Morgan fingerprint density at radius 2 is 1.30 bits per heavy atom. The van der Waals surface area contributed by atoms with Crippen LogP contribution in [0, 0.1) is 0 Å². The molecule has 0 spiro atoms. The fourth-order valence-electron chi connectivity index (χ4n) is 5.82. The molecule has 232 valence electrons. The molecule has 5 aromatic rings. The Labute approximate surface area is 275 Å². The monoisotopic (exact) mass is 646 g/mol. The highest BCUT2D eigenvalue weighted by atomic mass is 32.2. The number of nitrogens with one attached hydrogen (secondary N) is 2. The Balaban J connectivity index is 1.05. The van der Waals surface area contributed by atoms with Crippen molar-refractivity contribution in [3.05, 3.63) is 150 Å². The van der Waals surface area contributed by atoms with Crippen molar-refractivity contribution >= 4 is 55.8 Å². The van der Waals surface area contributed by atoms with Gasteiger partial charge in [0, 0.05) is 37.9 Å². The van der Waals surface area contributed by atoms with Crippen LogP contribution < -0.4 is 10.6 Å². The average Bonchev–Trinajstić information content (AvgIpc) is 3.09. The van der Waals surface area contributed by atoms with Gasteiger partial charge in [-0.1, -0.05) is 103 Å². The van der Waals surface area contributed by atoms with Crippen molar-refractivity contribution in [3.8, 4) is 0 Å². The molecule has 0 radical (unpaired) electrons. The van der Waals surface area contributed by atoms with Crippen LogP contribution in [0.2, 0.25) is 0 Å². The molecule has 46 heavy (non-hydrogen) atoms. The molecular formula is C37H34N4O3S2. The van der Waals surface area contributed by atoms with E-state index in [4.69, 9.17) is 12.2 Å². The van der Waals surface area contributed by atoms with E-state index >= 15 is 0 Å². The molecule has 1 fully saturated rings. The van der Waals surface area contributed by atoms with Crippen molar-refractivity contribution in [3.63, 3.8) is 0 Å². The summed E-state index contributed by atoms with van der Waals surface area (Å²) in [5, 5.41) is 7.86. The molecule has 0 unspecified atom stereocenters.